The van der Waals surface area contributed by atoms with Crippen LogP contribution < -0.4 is 5.73 Å². The molecule has 1 aromatic rings. The first-order valence-electron chi connectivity index (χ1n) is 5.94. The lowest BCUT2D eigenvalue weighted by Crippen LogP contribution is -2.19. The SMILES string of the molecule is CC1CCC(COC(=O)c2ccc(Cl)c(N)c2)O1. The van der Waals surface area contributed by atoms with Crippen molar-refractivity contribution in [3.05, 3.63) is 28.8 Å². The van der Waals surface area contributed by atoms with Crippen LogP contribution in [0, 0.1) is 0 Å². The van der Waals surface area contributed by atoms with Gasteiger partial charge < -0.3 is 15.2 Å². The summed E-state index contributed by atoms with van der Waals surface area (Å²) in [5, 5.41) is 0.430. The molecule has 0 saturated carbocycles. The Morgan fingerprint density at radius 3 is 2.94 bits per heavy atom. The van der Waals surface area contributed by atoms with E-state index in [0.29, 0.717) is 16.3 Å². The maximum Gasteiger partial charge on any atom is 0.338 e. The fourth-order valence-electron chi connectivity index (χ4n) is 1.93. The number of nitrogens with two attached hydrogens (primary N) is 1. The molecule has 0 aromatic heterocycles. The average molecular weight is 270 g/mol. The second kappa shape index (κ2) is 5.59. The van der Waals surface area contributed by atoms with Gasteiger partial charge in [-0.15, -0.1) is 0 Å². The van der Waals surface area contributed by atoms with Gasteiger partial charge in [0.15, 0.2) is 0 Å². The smallest absolute Gasteiger partial charge is 0.338 e. The Morgan fingerprint density at radius 1 is 1.56 bits per heavy atom. The molecule has 0 amide bonds. The summed E-state index contributed by atoms with van der Waals surface area (Å²) in [6.45, 7) is 2.30. The van der Waals surface area contributed by atoms with Crippen LogP contribution in [0.2, 0.25) is 5.02 Å². The van der Waals surface area contributed by atoms with Gasteiger partial charge in [-0.1, -0.05) is 11.6 Å². The van der Waals surface area contributed by atoms with E-state index >= 15 is 0 Å². The summed E-state index contributed by atoms with van der Waals surface area (Å²) >= 11 is 5.78. The zero-order valence-corrected chi connectivity index (χ0v) is 10.9. The number of carbonyl (C=O) groups is 1. The molecule has 1 aromatic carbocycles. The quantitative estimate of drug-likeness (QED) is 0.677. The Labute approximate surface area is 111 Å². The molecule has 0 spiro atoms. The number of ether oxygens (including phenoxy) is 2. The van der Waals surface area contributed by atoms with E-state index in [9.17, 15) is 4.79 Å². The minimum atomic E-state index is -0.401. The first kappa shape index (κ1) is 13.2. The number of rotatable bonds is 3. The number of halogens is 1. The molecule has 1 saturated heterocycles. The number of hydrogen-bond donors (Lipinski definition) is 1. The molecule has 1 heterocycles. The molecule has 1 aliphatic heterocycles. The summed E-state index contributed by atoms with van der Waals surface area (Å²) in [6.07, 6.45) is 2.20. The van der Waals surface area contributed by atoms with Crippen molar-refractivity contribution in [3.63, 3.8) is 0 Å². The highest BCUT2D eigenvalue weighted by Gasteiger charge is 2.23. The first-order chi connectivity index (χ1) is 8.56. The van der Waals surface area contributed by atoms with E-state index in [1.165, 1.54) is 6.07 Å². The van der Waals surface area contributed by atoms with Gasteiger partial charge in [-0.2, -0.15) is 0 Å². The van der Waals surface area contributed by atoms with Crippen molar-refractivity contribution in [3.8, 4) is 0 Å². The van der Waals surface area contributed by atoms with Crippen LogP contribution in [-0.2, 0) is 9.47 Å². The van der Waals surface area contributed by atoms with Crippen LogP contribution >= 0.6 is 11.6 Å². The van der Waals surface area contributed by atoms with E-state index in [-0.39, 0.29) is 18.8 Å². The minimum absolute atomic E-state index is 0.00796. The third-order valence-electron chi connectivity index (χ3n) is 2.95. The molecule has 1 aliphatic rings. The van der Waals surface area contributed by atoms with E-state index < -0.39 is 5.97 Å². The van der Waals surface area contributed by atoms with E-state index in [2.05, 4.69) is 0 Å². The molecular formula is C13H16ClNO3. The van der Waals surface area contributed by atoms with Crippen molar-refractivity contribution in [1.29, 1.82) is 0 Å². The van der Waals surface area contributed by atoms with Gasteiger partial charge in [-0.3, -0.25) is 0 Å². The Morgan fingerprint density at radius 2 is 2.33 bits per heavy atom. The molecule has 4 nitrogen and oxygen atoms in total. The molecule has 5 heteroatoms. The summed E-state index contributed by atoms with van der Waals surface area (Å²) in [6, 6.07) is 4.70. The largest absolute Gasteiger partial charge is 0.459 e. The summed E-state index contributed by atoms with van der Waals surface area (Å²) < 4.78 is 10.8. The Bertz CT molecular complexity index is 450. The van der Waals surface area contributed by atoms with Gasteiger partial charge in [-0.05, 0) is 38.0 Å². The topological polar surface area (TPSA) is 61.5 Å². The summed E-state index contributed by atoms with van der Waals surface area (Å²) in [5.41, 5.74) is 6.41. The third kappa shape index (κ3) is 3.15. The molecule has 98 valence electrons. The maximum absolute atomic E-state index is 11.8. The highest BCUT2D eigenvalue weighted by atomic mass is 35.5. The minimum Gasteiger partial charge on any atom is -0.459 e. The second-order valence-corrected chi connectivity index (χ2v) is 4.89. The molecule has 0 bridgehead atoms. The monoisotopic (exact) mass is 269 g/mol. The van der Waals surface area contributed by atoms with Crippen LogP contribution in [0.5, 0.6) is 0 Å². The van der Waals surface area contributed by atoms with Gasteiger partial charge >= 0.3 is 5.97 Å². The van der Waals surface area contributed by atoms with E-state index in [4.69, 9.17) is 26.8 Å². The van der Waals surface area contributed by atoms with Crippen LogP contribution in [-0.4, -0.2) is 24.8 Å². The zero-order chi connectivity index (χ0) is 13.1. The van der Waals surface area contributed by atoms with Gasteiger partial charge in [-0.25, -0.2) is 4.79 Å². The van der Waals surface area contributed by atoms with E-state index in [1.807, 2.05) is 6.92 Å². The van der Waals surface area contributed by atoms with E-state index in [0.717, 1.165) is 12.8 Å². The van der Waals surface area contributed by atoms with Crippen molar-refractivity contribution in [1.82, 2.24) is 0 Å². The molecule has 2 N–H and O–H groups in total. The van der Waals surface area contributed by atoms with Crippen LogP contribution in [0.15, 0.2) is 18.2 Å². The molecule has 2 unspecified atom stereocenters. The number of esters is 1. The Hall–Kier alpha value is -1.26. The lowest BCUT2D eigenvalue weighted by Gasteiger charge is -2.12. The number of carbonyl (C=O) groups excluding carboxylic acids is 1. The molecule has 2 atom stereocenters. The molecule has 0 radical (unpaired) electrons. The van der Waals surface area contributed by atoms with Crippen molar-refractivity contribution in [2.24, 2.45) is 0 Å². The highest BCUT2D eigenvalue weighted by molar-refractivity contribution is 6.33. The van der Waals surface area contributed by atoms with Gasteiger partial charge in [0.1, 0.15) is 6.61 Å². The van der Waals surface area contributed by atoms with Gasteiger partial charge in [0.25, 0.3) is 0 Å². The third-order valence-corrected chi connectivity index (χ3v) is 3.30. The lowest BCUT2D eigenvalue weighted by atomic mass is 10.2. The van der Waals surface area contributed by atoms with Crippen LogP contribution in [0.4, 0.5) is 5.69 Å². The van der Waals surface area contributed by atoms with Crippen molar-refractivity contribution < 1.29 is 14.3 Å². The molecule has 2 rings (SSSR count). The number of nitrogen functional groups attached to an aromatic ring is 1. The lowest BCUT2D eigenvalue weighted by molar-refractivity contribution is -0.00265. The standard InChI is InChI=1S/C13H16ClNO3/c1-8-2-4-10(18-8)7-17-13(16)9-3-5-11(14)12(15)6-9/h3,5-6,8,10H,2,4,7,15H2,1H3. The fraction of sp³-hybridized carbons (Fsp3) is 0.462. The van der Waals surface area contributed by atoms with Gasteiger partial charge in [0.05, 0.1) is 28.5 Å². The maximum atomic E-state index is 11.8. The number of benzene rings is 1. The van der Waals surface area contributed by atoms with Crippen molar-refractivity contribution in [2.45, 2.75) is 32.0 Å². The van der Waals surface area contributed by atoms with Crippen molar-refractivity contribution in [2.75, 3.05) is 12.3 Å². The zero-order valence-electron chi connectivity index (χ0n) is 10.2. The molecular weight excluding hydrogens is 254 g/mol. The molecule has 18 heavy (non-hydrogen) atoms. The second-order valence-electron chi connectivity index (χ2n) is 4.48. The summed E-state index contributed by atoms with van der Waals surface area (Å²) in [5.74, 6) is -0.401. The molecule has 0 aliphatic carbocycles. The predicted octanol–water partition coefficient (Wildman–Crippen LogP) is 2.65. The predicted molar refractivity (Wildman–Crippen MR) is 69.7 cm³/mol. The fourth-order valence-corrected chi connectivity index (χ4v) is 2.05. The van der Waals surface area contributed by atoms with Crippen LogP contribution in [0.3, 0.4) is 0 Å². The van der Waals surface area contributed by atoms with Crippen LogP contribution in [0.25, 0.3) is 0 Å². The van der Waals surface area contributed by atoms with Crippen molar-refractivity contribution >= 4 is 23.3 Å². The van der Waals surface area contributed by atoms with E-state index in [1.54, 1.807) is 12.1 Å². The van der Waals surface area contributed by atoms with Gasteiger partial charge in [0, 0.05) is 0 Å². The Kier molecular flexibility index (Phi) is 4.09. The first-order valence-corrected chi connectivity index (χ1v) is 6.31. The average Bonchev–Trinajstić information content (AvgIpc) is 2.75. The number of anilines is 1. The van der Waals surface area contributed by atoms with Crippen LogP contribution in [0.1, 0.15) is 30.1 Å². The summed E-state index contributed by atoms with van der Waals surface area (Å²) in [4.78, 5) is 11.8. The Balaban J connectivity index is 1.89. The normalized spacial score (nSPS) is 23.0. The molecule has 1 fully saturated rings. The summed E-state index contributed by atoms with van der Waals surface area (Å²) in [7, 11) is 0. The van der Waals surface area contributed by atoms with Gasteiger partial charge in [0.2, 0.25) is 0 Å². The highest BCUT2D eigenvalue weighted by Crippen LogP contribution is 2.21. The number of hydrogen-bond acceptors (Lipinski definition) is 4.